The van der Waals surface area contributed by atoms with E-state index in [1.165, 1.54) is 27.8 Å². The van der Waals surface area contributed by atoms with E-state index < -0.39 is 0 Å². The van der Waals surface area contributed by atoms with Gasteiger partial charge in [0.05, 0.1) is 0 Å². The molecular weight excluding hydrogens is 330 g/mol. The fourth-order valence-electron chi connectivity index (χ4n) is 3.75. The molecule has 0 saturated carbocycles. The molecule has 3 nitrogen and oxygen atoms in total. The average Bonchev–Trinajstić information content (AvgIpc) is 3.00. The summed E-state index contributed by atoms with van der Waals surface area (Å²) in [5.74, 6) is 0.875. The number of nitrogens with one attached hydrogen (secondary N) is 1. The predicted octanol–water partition coefficient (Wildman–Crippen LogP) is 6.06. The molecule has 0 aliphatic heterocycles. The molecule has 4 aromatic rings. The molecule has 0 amide bonds. The van der Waals surface area contributed by atoms with Gasteiger partial charge in [-0.1, -0.05) is 47.5 Å². The summed E-state index contributed by atoms with van der Waals surface area (Å²) in [5, 5.41) is 4.67. The van der Waals surface area contributed by atoms with Crippen LogP contribution in [0.5, 0.6) is 0 Å². The van der Waals surface area contributed by atoms with Gasteiger partial charge in [0.2, 0.25) is 0 Å². The van der Waals surface area contributed by atoms with Crippen LogP contribution < -0.4 is 5.32 Å². The smallest absolute Gasteiger partial charge is 0.142 e. The minimum atomic E-state index is 0.825. The second-order valence-electron chi connectivity index (χ2n) is 7.44. The number of aromatic nitrogens is 2. The molecule has 0 aliphatic carbocycles. The summed E-state index contributed by atoms with van der Waals surface area (Å²) in [6.07, 6.45) is 2.12. The van der Waals surface area contributed by atoms with Crippen molar-refractivity contribution in [2.75, 3.05) is 5.32 Å². The van der Waals surface area contributed by atoms with Crippen molar-refractivity contribution >= 4 is 22.5 Å². The van der Waals surface area contributed by atoms with E-state index >= 15 is 0 Å². The Morgan fingerprint density at radius 1 is 0.852 bits per heavy atom. The highest BCUT2D eigenvalue weighted by Crippen LogP contribution is 2.25. The number of hydrogen-bond acceptors (Lipinski definition) is 2. The second kappa shape index (κ2) is 6.92. The summed E-state index contributed by atoms with van der Waals surface area (Å²) in [6.45, 7) is 9.36. The summed E-state index contributed by atoms with van der Waals surface area (Å²) in [5.41, 5.74) is 8.49. The maximum atomic E-state index is 4.91. The SMILES string of the molecule is Cc1cc(C)cc(Cn2ccc3ccc(Nc4c(C)cccc4C)nc32)c1. The highest BCUT2D eigenvalue weighted by molar-refractivity contribution is 5.79. The van der Waals surface area contributed by atoms with Crippen molar-refractivity contribution in [1.29, 1.82) is 0 Å². The molecule has 0 unspecified atom stereocenters. The summed E-state index contributed by atoms with van der Waals surface area (Å²) in [6, 6.07) is 19.4. The van der Waals surface area contributed by atoms with E-state index in [-0.39, 0.29) is 0 Å². The number of nitrogens with zero attached hydrogens (tertiary/aromatic N) is 2. The van der Waals surface area contributed by atoms with Crippen LogP contribution in [0.2, 0.25) is 0 Å². The number of fused-ring (bicyclic) bond motifs is 1. The first-order chi connectivity index (χ1) is 13.0. The van der Waals surface area contributed by atoms with Gasteiger partial charge in [-0.25, -0.2) is 4.98 Å². The van der Waals surface area contributed by atoms with Gasteiger partial charge in [0, 0.05) is 23.8 Å². The molecule has 136 valence electrons. The van der Waals surface area contributed by atoms with Crippen LogP contribution in [0.25, 0.3) is 11.0 Å². The van der Waals surface area contributed by atoms with Crippen LogP contribution in [0.3, 0.4) is 0 Å². The van der Waals surface area contributed by atoms with Crippen LogP contribution in [0.4, 0.5) is 11.5 Å². The molecular formula is C24H25N3. The van der Waals surface area contributed by atoms with Crippen LogP contribution in [0.1, 0.15) is 27.8 Å². The van der Waals surface area contributed by atoms with Gasteiger partial charge in [-0.05, 0) is 62.6 Å². The van der Waals surface area contributed by atoms with Gasteiger partial charge in [-0.2, -0.15) is 0 Å². The molecule has 0 fully saturated rings. The first kappa shape index (κ1) is 17.3. The standard InChI is InChI=1S/C24H25N3/c1-16-12-17(2)14-20(13-16)15-27-11-10-21-8-9-22(26-24(21)27)25-23-18(3)6-5-7-19(23)4/h5-14H,15H2,1-4H3,(H,25,26). The number of anilines is 2. The molecule has 2 aromatic heterocycles. The zero-order valence-electron chi connectivity index (χ0n) is 16.4. The third-order valence-corrected chi connectivity index (χ3v) is 4.98. The van der Waals surface area contributed by atoms with E-state index in [0.717, 1.165) is 29.1 Å². The quantitative estimate of drug-likeness (QED) is 0.482. The summed E-state index contributed by atoms with van der Waals surface area (Å²) in [4.78, 5) is 4.91. The maximum absolute atomic E-state index is 4.91. The average molecular weight is 355 g/mol. The fraction of sp³-hybridized carbons (Fsp3) is 0.208. The first-order valence-corrected chi connectivity index (χ1v) is 9.36. The summed E-state index contributed by atoms with van der Waals surface area (Å²) >= 11 is 0. The number of pyridine rings is 1. The van der Waals surface area contributed by atoms with Gasteiger partial charge in [0.15, 0.2) is 0 Å². The largest absolute Gasteiger partial charge is 0.340 e. The lowest BCUT2D eigenvalue weighted by atomic mass is 10.1. The molecule has 0 saturated heterocycles. The summed E-state index contributed by atoms with van der Waals surface area (Å²) in [7, 11) is 0. The maximum Gasteiger partial charge on any atom is 0.142 e. The number of rotatable bonds is 4. The summed E-state index contributed by atoms with van der Waals surface area (Å²) < 4.78 is 2.22. The Bertz CT molecular complexity index is 1080. The second-order valence-corrected chi connectivity index (χ2v) is 7.44. The third-order valence-electron chi connectivity index (χ3n) is 4.98. The molecule has 3 heteroatoms. The number of aryl methyl sites for hydroxylation is 4. The van der Waals surface area contributed by atoms with Gasteiger partial charge >= 0.3 is 0 Å². The van der Waals surface area contributed by atoms with Gasteiger partial charge in [0.1, 0.15) is 11.5 Å². The van der Waals surface area contributed by atoms with Crippen molar-refractivity contribution in [3.05, 3.63) is 88.6 Å². The van der Waals surface area contributed by atoms with Gasteiger partial charge in [-0.3, -0.25) is 0 Å². The van der Waals surface area contributed by atoms with Crippen molar-refractivity contribution in [3.63, 3.8) is 0 Å². The van der Waals surface area contributed by atoms with Gasteiger partial charge in [0.25, 0.3) is 0 Å². The van der Waals surface area contributed by atoms with Gasteiger partial charge in [-0.15, -0.1) is 0 Å². The first-order valence-electron chi connectivity index (χ1n) is 9.36. The zero-order chi connectivity index (χ0) is 19.0. The van der Waals surface area contributed by atoms with E-state index in [9.17, 15) is 0 Å². The Kier molecular flexibility index (Phi) is 4.44. The Labute approximate surface area is 160 Å². The van der Waals surface area contributed by atoms with Crippen LogP contribution in [0.15, 0.2) is 60.8 Å². The molecule has 0 atom stereocenters. The van der Waals surface area contributed by atoms with Crippen LogP contribution in [0, 0.1) is 27.7 Å². The minimum Gasteiger partial charge on any atom is -0.340 e. The fourth-order valence-corrected chi connectivity index (χ4v) is 3.75. The monoisotopic (exact) mass is 355 g/mol. The lowest BCUT2D eigenvalue weighted by Crippen LogP contribution is -2.02. The Hall–Kier alpha value is -3.07. The normalized spacial score (nSPS) is 11.1. The van der Waals surface area contributed by atoms with E-state index in [2.05, 4.69) is 98.4 Å². The molecule has 0 spiro atoms. The highest BCUT2D eigenvalue weighted by Gasteiger charge is 2.08. The van der Waals surface area contributed by atoms with E-state index in [1.807, 2.05) is 0 Å². The number of hydrogen-bond donors (Lipinski definition) is 1. The Morgan fingerprint density at radius 3 is 2.26 bits per heavy atom. The van der Waals surface area contributed by atoms with Crippen LogP contribution in [-0.4, -0.2) is 9.55 Å². The van der Waals surface area contributed by atoms with Crippen molar-refractivity contribution < 1.29 is 0 Å². The molecule has 0 radical (unpaired) electrons. The van der Waals surface area contributed by atoms with Crippen molar-refractivity contribution in [2.45, 2.75) is 34.2 Å². The van der Waals surface area contributed by atoms with Crippen molar-refractivity contribution in [3.8, 4) is 0 Å². The third kappa shape index (κ3) is 3.59. The molecule has 2 heterocycles. The molecule has 2 aromatic carbocycles. The molecule has 1 N–H and O–H groups in total. The zero-order valence-corrected chi connectivity index (χ0v) is 16.4. The Morgan fingerprint density at radius 2 is 1.56 bits per heavy atom. The van der Waals surface area contributed by atoms with Gasteiger partial charge < -0.3 is 9.88 Å². The van der Waals surface area contributed by atoms with Crippen LogP contribution in [-0.2, 0) is 6.54 Å². The van der Waals surface area contributed by atoms with E-state index in [0.29, 0.717) is 0 Å². The van der Waals surface area contributed by atoms with Crippen molar-refractivity contribution in [2.24, 2.45) is 0 Å². The highest BCUT2D eigenvalue weighted by atomic mass is 15.1. The molecule has 27 heavy (non-hydrogen) atoms. The Balaban J connectivity index is 1.69. The van der Waals surface area contributed by atoms with E-state index in [4.69, 9.17) is 4.98 Å². The molecule has 0 bridgehead atoms. The van der Waals surface area contributed by atoms with Crippen molar-refractivity contribution in [1.82, 2.24) is 9.55 Å². The lowest BCUT2D eigenvalue weighted by molar-refractivity contribution is 0.824. The van der Waals surface area contributed by atoms with E-state index in [1.54, 1.807) is 0 Å². The number of benzene rings is 2. The lowest BCUT2D eigenvalue weighted by Gasteiger charge is -2.13. The molecule has 0 aliphatic rings. The topological polar surface area (TPSA) is 29.9 Å². The molecule has 4 rings (SSSR count). The van der Waals surface area contributed by atoms with Crippen LogP contribution >= 0.6 is 0 Å². The minimum absolute atomic E-state index is 0.825. The predicted molar refractivity (Wildman–Crippen MR) is 114 cm³/mol. The number of para-hydroxylation sites is 1.